The van der Waals surface area contributed by atoms with Crippen LogP contribution in [0.3, 0.4) is 0 Å². The van der Waals surface area contributed by atoms with E-state index in [0.717, 1.165) is 45.7 Å². The minimum absolute atomic E-state index is 0.0295. The first kappa shape index (κ1) is 17.8. The van der Waals surface area contributed by atoms with Crippen molar-refractivity contribution in [3.8, 4) is 0 Å². The molecule has 136 valence electrons. The summed E-state index contributed by atoms with van der Waals surface area (Å²) in [6.45, 7) is 5.73. The van der Waals surface area contributed by atoms with E-state index in [9.17, 15) is 9.59 Å². The number of aromatic nitrogens is 1. The second-order valence-electron chi connectivity index (χ2n) is 6.82. The summed E-state index contributed by atoms with van der Waals surface area (Å²) >= 11 is 0. The first-order valence-electron chi connectivity index (χ1n) is 9.00. The average Bonchev–Trinajstić information content (AvgIpc) is 2.64. The van der Waals surface area contributed by atoms with E-state index in [1.165, 1.54) is 5.56 Å². The largest absolute Gasteiger partial charge is 0.353 e. The number of piperazine rings is 2. The van der Waals surface area contributed by atoms with Crippen LogP contribution in [0.25, 0.3) is 0 Å². The zero-order valence-corrected chi connectivity index (χ0v) is 14.9. The molecule has 7 heteroatoms. The van der Waals surface area contributed by atoms with Gasteiger partial charge in [-0.25, -0.2) is 0 Å². The molecule has 1 aromatic rings. The number of pyridine rings is 1. The van der Waals surface area contributed by atoms with Crippen LogP contribution < -0.4 is 5.32 Å². The standard InChI is InChI=1S/C18H27N5O2/c1-21-9-7-20-18(25)16(21)14-17(24)23-12-10-22(11-13-23)8-4-15-2-5-19-6-3-15/h2-3,5-6,16H,4,7-14H2,1H3,(H,20,25)/t16-/m0/s1. The topological polar surface area (TPSA) is 68.8 Å². The maximum Gasteiger partial charge on any atom is 0.237 e. The first-order valence-corrected chi connectivity index (χ1v) is 9.00. The SMILES string of the molecule is CN1CCNC(=O)[C@@H]1CC(=O)N1CCN(CCc2ccncc2)CC1. The van der Waals surface area contributed by atoms with Gasteiger partial charge in [0.15, 0.2) is 0 Å². The summed E-state index contributed by atoms with van der Waals surface area (Å²) in [7, 11) is 1.91. The second-order valence-corrected chi connectivity index (χ2v) is 6.82. The molecule has 3 rings (SSSR count). The monoisotopic (exact) mass is 345 g/mol. The molecule has 1 N–H and O–H groups in total. The summed E-state index contributed by atoms with van der Waals surface area (Å²) in [6, 6.07) is 3.77. The molecule has 0 radical (unpaired) electrons. The van der Waals surface area contributed by atoms with Crippen LogP contribution in [0.1, 0.15) is 12.0 Å². The Hall–Kier alpha value is -1.99. The van der Waals surface area contributed by atoms with E-state index < -0.39 is 0 Å². The minimum Gasteiger partial charge on any atom is -0.353 e. The quantitative estimate of drug-likeness (QED) is 0.786. The molecule has 2 aliphatic heterocycles. The molecule has 2 aliphatic rings. The Morgan fingerprint density at radius 2 is 1.92 bits per heavy atom. The Labute approximate surface area is 149 Å². The molecule has 1 atom stereocenters. The molecule has 0 spiro atoms. The van der Waals surface area contributed by atoms with Gasteiger partial charge in [-0.05, 0) is 31.2 Å². The van der Waals surface area contributed by atoms with Crippen molar-refractivity contribution in [1.82, 2.24) is 25.0 Å². The Bertz CT molecular complexity index is 586. The lowest BCUT2D eigenvalue weighted by molar-refractivity contribution is -0.139. The molecule has 0 bridgehead atoms. The number of amides is 2. The summed E-state index contributed by atoms with van der Waals surface area (Å²) in [4.78, 5) is 34.8. The van der Waals surface area contributed by atoms with E-state index in [4.69, 9.17) is 0 Å². The van der Waals surface area contributed by atoms with Gasteiger partial charge in [0.1, 0.15) is 0 Å². The van der Waals surface area contributed by atoms with Crippen LogP contribution in [0.15, 0.2) is 24.5 Å². The van der Waals surface area contributed by atoms with Crippen molar-refractivity contribution in [2.24, 2.45) is 0 Å². The highest BCUT2D eigenvalue weighted by Gasteiger charge is 2.31. The molecule has 2 amide bonds. The van der Waals surface area contributed by atoms with Gasteiger partial charge < -0.3 is 10.2 Å². The van der Waals surface area contributed by atoms with Gasteiger partial charge in [0, 0.05) is 58.2 Å². The van der Waals surface area contributed by atoms with Gasteiger partial charge in [0.05, 0.1) is 12.5 Å². The van der Waals surface area contributed by atoms with Gasteiger partial charge in [-0.15, -0.1) is 0 Å². The smallest absolute Gasteiger partial charge is 0.237 e. The van der Waals surface area contributed by atoms with Crippen molar-refractivity contribution in [1.29, 1.82) is 0 Å². The highest BCUT2D eigenvalue weighted by Crippen LogP contribution is 2.11. The molecule has 0 aromatic carbocycles. The van der Waals surface area contributed by atoms with Gasteiger partial charge in [-0.1, -0.05) is 0 Å². The lowest BCUT2D eigenvalue weighted by Crippen LogP contribution is -2.56. The highest BCUT2D eigenvalue weighted by molar-refractivity contribution is 5.88. The number of likely N-dealkylation sites (N-methyl/N-ethyl adjacent to an activating group) is 1. The minimum atomic E-state index is -0.328. The van der Waals surface area contributed by atoms with Gasteiger partial charge in [-0.3, -0.25) is 24.4 Å². The van der Waals surface area contributed by atoms with Crippen molar-refractivity contribution < 1.29 is 9.59 Å². The summed E-state index contributed by atoms with van der Waals surface area (Å²) in [5.74, 6) is 0.0563. The third-order valence-corrected chi connectivity index (χ3v) is 5.16. The second kappa shape index (κ2) is 8.40. The molecule has 7 nitrogen and oxygen atoms in total. The van der Waals surface area contributed by atoms with Crippen LogP contribution in [0.2, 0.25) is 0 Å². The van der Waals surface area contributed by atoms with Gasteiger partial charge in [-0.2, -0.15) is 0 Å². The number of carbonyl (C=O) groups excluding carboxylic acids is 2. The Morgan fingerprint density at radius 3 is 2.60 bits per heavy atom. The third-order valence-electron chi connectivity index (χ3n) is 5.16. The highest BCUT2D eigenvalue weighted by atomic mass is 16.2. The summed E-state index contributed by atoms with van der Waals surface area (Å²) < 4.78 is 0. The van der Waals surface area contributed by atoms with Gasteiger partial charge in [0.25, 0.3) is 0 Å². The number of rotatable bonds is 5. The van der Waals surface area contributed by atoms with E-state index >= 15 is 0 Å². The van der Waals surface area contributed by atoms with Crippen LogP contribution in [0, 0.1) is 0 Å². The Balaban J connectivity index is 1.42. The van der Waals surface area contributed by atoms with Crippen molar-refractivity contribution in [2.45, 2.75) is 18.9 Å². The predicted molar refractivity (Wildman–Crippen MR) is 95.0 cm³/mol. The molecule has 0 saturated carbocycles. The molecule has 2 saturated heterocycles. The lowest BCUT2D eigenvalue weighted by Gasteiger charge is -2.37. The fourth-order valence-corrected chi connectivity index (χ4v) is 3.43. The van der Waals surface area contributed by atoms with Gasteiger partial charge >= 0.3 is 0 Å². The van der Waals surface area contributed by atoms with Crippen LogP contribution >= 0.6 is 0 Å². The number of nitrogens with zero attached hydrogens (tertiary/aromatic N) is 4. The molecule has 3 heterocycles. The van der Waals surface area contributed by atoms with E-state index in [2.05, 4.69) is 15.2 Å². The lowest BCUT2D eigenvalue weighted by atomic mass is 10.1. The number of nitrogens with one attached hydrogen (secondary N) is 1. The van der Waals surface area contributed by atoms with E-state index in [0.29, 0.717) is 6.54 Å². The van der Waals surface area contributed by atoms with Crippen molar-refractivity contribution in [3.63, 3.8) is 0 Å². The maximum atomic E-state index is 12.5. The van der Waals surface area contributed by atoms with Crippen LogP contribution in [-0.4, -0.2) is 90.4 Å². The Morgan fingerprint density at radius 1 is 1.20 bits per heavy atom. The van der Waals surface area contributed by atoms with Crippen LogP contribution in [-0.2, 0) is 16.0 Å². The summed E-state index contributed by atoms with van der Waals surface area (Å²) in [6.07, 6.45) is 4.93. The van der Waals surface area contributed by atoms with Crippen LogP contribution in [0.5, 0.6) is 0 Å². The average molecular weight is 345 g/mol. The Kier molecular flexibility index (Phi) is 5.99. The van der Waals surface area contributed by atoms with Crippen LogP contribution in [0.4, 0.5) is 0 Å². The normalized spacial score (nSPS) is 22.7. The fourth-order valence-electron chi connectivity index (χ4n) is 3.43. The number of hydrogen-bond donors (Lipinski definition) is 1. The third kappa shape index (κ3) is 4.76. The first-order chi connectivity index (χ1) is 12.1. The molecular weight excluding hydrogens is 318 g/mol. The zero-order chi connectivity index (χ0) is 17.6. The predicted octanol–water partition coefficient (Wildman–Crippen LogP) is -0.411. The van der Waals surface area contributed by atoms with E-state index in [1.54, 1.807) is 0 Å². The molecule has 1 aromatic heterocycles. The van der Waals surface area contributed by atoms with E-state index in [-0.39, 0.29) is 24.3 Å². The molecule has 0 aliphatic carbocycles. The molecule has 25 heavy (non-hydrogen) atoms. The molecule has 2 fully saturated rings. The summed E-state index contributed by atoms with van der Waals surface area (Å²) in [5, 5.41) is 2.85. The van der Waals surface area contributed by atoms with Crippen molar-refractivity contribution >= 4 is 11.8 Å². The van der Waals surface area contributed by atoms with Crippen molar-refractivity contribution in [2.75, 3.05) is 52.9 Å². The zero-order valence-electron chi connectivity index (χ0n) is 14.9. The fraction of sp³-hybridized carbons (Fsp3) is 0.611. The van der Waals surface area contributed by atoms with E-state index in [1.807, 2.05) is 41.4 Å². The number of carbonyl (C=O) groups is 2. The molecule has 0 unspecified atom stereocenters. The van der Waals surface area contributed by atoms with Crippen molar-refractivity contribution in [3.05, 3.63) is 30.1 Å². The molecular formula is C18H27N5O2. The number of hydrogen-bond acceptors (Lipinski definition) is 5. The summed E-state index contributed by atoms with van der Waals surface area (Å²) in [5.41, 5.74) is 1.29. The van der Waals surface area contributed by atoms with Gasteiger partial charge in [0.2, 0.25) is 11.8 Å². The maximum absolute atomic E-state index is 12.5.